The highest BCUT2D eigenvalue weighted by atomic mass is 16.5. The number of fused-ring (bicyclic) bond motifs is 10. The fraction of sp³-hybridized carbons (Fsp3) is 0.0625. The second kappa shape index (κ2) is 15.9. The van der Waals surface area contributed by atoms with Crippen LogP contribution in [-0.2, 0) is 5.41 Å². The number of benzene rings is 9. The summed E-state index contributed by atoms with van der Waals surface area (Å²) in [5.41, 5.74) is 16.0. The number of para-hydroxylation sites is 2. The summed E-state index contributed by atoms with van der Waals surface area (Å²) in [6.45, 7) is 6.49. The van der Waals surface area contributed by atoms with Gasteiger partial charge in [0.05, 0.1) is 40.3 Å². The van der Waals surface area contributed by atoms with E-state index in [1.807, 2.05) is 66.9 Å². The number of hydrogen-bond donors (Lipinski definition) is 0. The van der Waals surface area contributed by atoms with Crippen LogP contribution in [0.5, 0.6) is 11.5 Å². The van der Waals surface area contributed by atoms with Crippen LogP contribution < -0.4 is 9.30 Å². The number of rotatable bonds is 6. The van der Waals surface area contributed by atoms with Crippen molar-refractivity contribution in [2.75, 3.05) is 0 Å². The van der Waals surface area contributed by atoms with Gasteiger partial charge in [-0.3, -0.25) is 13.7 Å². The molecule has 12 aromatic rings. The predicted octanol–water partition coefficient (Wildman–Crippen LogP) is 15.9. The molecule has 0 N–H and O–H groups in total. The van der Waals surface area contributed by atoms with Crippen molar-refractivity contribution in [2.24, 2.45) is 0 Å². The van der Waals surface area contributed by atoms with Crippen LogP contribution in [0, 0.1) is 6.33 Å². The number of pyridine rings is 1. The molecule has 0 radical (unpaired) electrons. The van der Waals surface area contributed by atoms with Gasteiger partial charge in [-0.25, -0.2) is 4.98 Å². The molecule has 4 heterocycles. The molecule has 0 amide bonds. The molecular weight excluding hydrogens is 841 g/mol. The van der Waals surface area contributed by atoms with Gasteiger partial charge in [0.15, 0.2) is 0 Å². The lowest BCUT2D eigenvalue weighted by atomic mass is 9.88. The van der Waals surface area contributed by atoms with Crippen molar-refractivity contribution in [3.63, 3.8) is 0 Å². The number of aromatic nitrogens is 4. The number of ether oxygens (including phenoxy) is 1. The van der Waals surface area contributed by atoms with Crippen molar-refractivity contribution in [3.8, 4) is 84.3 Å². The quantitative estimate of drug-likeness (QED) is 0.123. The number of imidazole rings is 1. The van der Waals surface area contributed by atoms with Gasteiger partial charge in [-0.15, -0.1) is 0 Å². The topological polar surface area (TPSA) is 35.9 Å². The minimum Gasteiger partial charge on any atom is -0.458 e. The normalized spacial score (nSPS) is 13.0. The monoisotopic (exact) mass is 891 g/mol. The molecular formula is C64H46N4O. The number of nitrogens with zero attached hydrogens (tertiary/aromatic N) is 4. The zero-order chi connectivity index (χ0) is 50.6. The predicted molar refractivity (Wildman–Crippen MR) is 282 cm³/mol. The van der Waals surface area contributed by atoms with Crippen molar-refractivity contribution >= 4 is 32.8 Å². The molecule has 0 fully saturated rings. The lowest BCUT2D eigenvalue weighted by Gasteiger charge is -2.20. The lowest BCUT2D eigenvalue weighted by molar-refractivity contribution is -0.570. The average Bonchev–Trinajstić information content (AvgIpc) is 3.99. The van der Waals surface area contributed by atoms with E-state index in [-0.39, 0.29) is 35.1 Å². The Morgan fingerprint density at radius 1 is 0.522 bits per heavy atom. The summed E-state index contributed by atoms with van der Waals surface area (Å²) in [7, 11) is 0. The first kappa shape index (κ1) is 35.4. The van der Waals surface area contributed by atoms with E-state index in [0.29, 0.717) is 22.9 Å². The molecule has 0 unspecified atom stereocenters. The van der Waals surface area contributed by atoms with Gasteiger partial charge in [-0.2, -0.15) is 0 Å². The van der Waals surface area contributed by atoms with Crippen LogP contribution in [-0.4, -0.2) is 14.1 Å². The van der Waals surface area contributed by atoms with Crippen LogP contribution in [0.3, 0.4) is 0 Å². The maximum atomic E-state index is 8.98. The van der Waals surface area contributed by atoms with Gasteiger partial charge in [0.25, 0.3) is 6.33 Å². The molecule has 9 aromatic carbocycles. The van der Waals surface area contributed by atoms with E-state index in [9.17, 15) is 0 Å². The Kier molecular flexibility index (Phi) is 8.17. The van der Waals surface area contributed by atoms with Gasteiger partial charge in [0.2, 0.25) is 0 Å². The van der Waals surface area contributed by atoms with Gasteiger partial charge in [-0.1, -0.05) is 184 Å². The summed E-state index contributed by atoms with van der Waals surface area (Å²) in [6, 6.07) is 63.0. The molecule has 69 heavy (non-hydrogen) atoms. The van der Waals surface area contributed by atoms with E-state index in [1.54, 1.807) is 0 Å². The summed E-state index contributed by atoms with van der Waals surface area (Å²) in [5.74, 6) is 1.87. The highest BCUT2D eigenvalue weighted by Gasteiger charge is 2.27. The third-order valence-electron chi connectivity index (χ3n) is 13.4. The molecule has 0 spiro atoms. The molecule has 0 saturated heterocycles. The van der Waals surface area contributed by atoms with Crippen LogP contribution >= 0.6 is 0 Å². The fourth-order valence-corrected chi connectivity index (χ4v) is 10.3. The maximum absolute atomic E-state index is 8.98. The summed E-state index contributed by atoms with van der Waals surface area (Å²) < 4.78 is 56.7. The van der Waals surface area contributed by atoms with Gasteiger partial charge < -0.3 is 4.74 Å². The fourth-order valence-electron chi connectivity index (χ4n) is 10.3. The third-order valence-corrected chi connectivity index (χ3v) is 13.4. The summed E-state index contributed by atoms with van der Waals surface area (Å²) in [4.78, 5) is 4.91. The van der Waals surface area contributed by atoms with Crippen molar-refractivity contribution in [1.29, 1.82) is 0 Å². The molecule has 5 heteroatoms. The molecule has 0 aliphatic carbocycles. The second-order valence-corrected chi connectivity index (χ2v) is 18.6. The van der Waals surface area contributed by atoms with Crippen molar-refractivity contribution in [2.45, 2.75) is 26.2 Å². The number of hydrogen-bond acceptors (Lipinski definition) is 2. The van der Waals surface area contributed by atoms with E-state index in [2.05, 4.69) is 168 Å². The van der Waals surface area contributed by atoms with Crippen LogP contribution in [0.4, 0.5) is 0 Å². The van der Waals surface area contributed by atoms with E-state index >= 15 is 0 Å². The minimum atomic E-state index is -0.432. The zero-order valence-electron chi connectivity index (χ0n) is 43.2. The average molecular weight is 892 g/mol. The Morgan fingerprint density at radius 3 is 1.91 bits per heavy atom. The Morgan fingerprint density at radius 2 is 1.14 bits per heavy atom. The molecule has 0 bridgehead atoms. The standard InChI is InChI=1S/C64H46N4O/c1-64(2,3)44-36-37-65-60(38-44)68-57-32-16-28-48(42-18-6-4-7-19-42)61(57)56-35-34-47(40-59(56)68)69-46-23-14-22-45(39-46)66-41-67-62-49(43-20-8-5-9-21-43)29-15-30-54(62)52-26-12-10-24-50(52)51-25-11-13-27-53(51)55-31-17-33-58(66)63(55)67/h4-40H,1-3H3/i4D,6D,7D,18D,19D. The first-order valence-corrected chi connectivity index (χ1v) is 23.2. The van der Waals surface area contributed by atoms with Gasteiger partial charge in [-0.05, 0) is 115 Å². The van der Waals surface area contributed by atoms with Gasteiger partial charge in [0.1, 0.15) is 17.3 Å². The molecule has 3 aromatic heterocycles. The molecule has 1 aliphatic heterocycles. The smallest absolute Gasteiger partial charge is 0.269 e. The Bertz CT molecular complexity index is 4260. The molecule has 0 saturated carbocycles. The Balaban J connectivity index is 0.995. The maximum Gasteiger partial charge on any atom is 0.269 e. The van der Waals surface area contributed by atoms with E-state index < -0.39 is 6.04 Å². The first-order chi connectivity index (χ1) is 35.9. The highest BCUT2D eigenvalue weighted by Crippen LogP contribution is 2.46. The first-order valence-electron chi connectivity index (χ1n) is 25.7. The molecule has 0 atom stereocenters. The lowest BCUT2D eigenvalue weighted by Crippen LogP contribution is -2.32. The van der Waals surface area contributed by atoms with E-state index in [4.69, 9.17) is 16.6 Å². The molecule has 13 rings (SSSR count). The second-order valence-electron chi connectivity index (χ2n) is 18.6. The summed E-state index contributed by atoms with van der Waals surface area (Å²) >= 11 is 0. The Labute approximate surface area is 408 Å². The van der Waals surface area contributed by atoms with Crippen LogP contribution in [0.2, 0.25) is 0 Å². The van der Waals surface area contributed by atoms with Gasteiger partial charge >= 0.3 is 0 Å². The highest BCUT2D eigenvalue weighted by molar-refractivity contribution is 6.16. The third kappa shape index (κ3) is 6.69. The van der Waals surface area contributed by atoms with E-state index in [1.165, 1.54) is 0 Å². The summed E-state index contributed by atoms with van der Waals surface area (Å²) in [6.07, 6.45) is 5.70. The minimum absolute atomic E-state index is 0.142. The largest absolute Gasteiger partial charge is 0.458 e. The van der Waals surface area contributed by atoms with Crippen molar-refractivity contribution < 1.29 is 16.2 Å². The van der Waals surface area contributed by atoms with Crippen LogP contribution in [0.15, 0.2) is 224 Å². The van der Waals surface area contributed by atoms with Crippen LogP contribution in [0.25, 0.3) is 106 Å². The van der Waals surface area contributed by atoms with E-state index in [0.717, 1.165) is 94.3 Å². The van der Waals surface area contributed by atoms with Crippen LogP contribution in [0.1, 0.15) is 33.2 Å². The molecule has 328 valence electrons. The van der Waals surface area contributed by atoms with Gasteiger partial charge in [0, 0.05) is 23.0 Å². The molecule has 1 aliphatic rings. The Hall–Kier alpha value is -8.80. The van der Waals surface area contributed by atoms with Crippen molar-refractivity contribution in [1.82, 2.24) is 14.1 Å². The zero-order valence-corrected chi connectivity index (χ0v) is 38.2. The summed E-state index contributed by atoms with van der Waals surface area (Å²) in [5, 5.41) is 1.55. The SMILES string of the molecule is [2H]c1c([2H])c([2H])c(-c2cccc3c2c2ccc(Oc4cccc(-n5[c-][n+]6c7c(cccc75)-c5ccccc5-c5ccccc5-c5cccc(-c7ccccc7)c5-6)c4)cc2n3-c2cc(C(C)(C)C)ccn2)c([2H])c1[2H]. The molecule has 5 nitrogen and oxygen atoms in total. The van der Waals surface area contributed by atoms with Crippen molar-refractivity contribution in [3.05, 3.63) is 236 Å².